The summed E-state index contributed by atoms with van der Waals surface area (Å²) in [7, 11) is 0. The molecule has 0 aromatic carbocycles. The lowest BCUT2D eigenvalue weighted by Gasteiger charge is -1.92. The standard InChI is InChI=1S/C8H8BrN3.C2H6/c9-7-2-1-3-12-5-6(4-10)11-8(7)12;1-2/h1-3,5H,4,10H2;1-2H3. The maximum Gasteiger partial charge on any atom is 0.151 e. The zero-order chi connectivity index (χ0) is 10.6. The summed E-state index contributed by atoms with van der Waals surface area (Å²) in [5, 5.41) is 0. The van der Waals surface area contributed by atoms with Crippen molar-refractivity contribution in [3.8, 4) is 0 Å². The van der Waals surface area contributed by atoms with E-state index in [2.05, 4.69) is 20.9 Å². The Labute approximate surface area is 92.1 Å². The third-order valence-electron chi connectivity index (χ3n) is 1.69. The van der Waals surface area contributed by atoms with Crippen LogP contribution in [0.25, 0.3) is 5.65 Å². The van der Waals surface area contributed by atoms with Gasteiger partial charge in [0, 0.05) is 18.9 Å². The predicted octanol–water partition coefficient (Wildman–Crippen LogP) is 2.58. The summed E-state index contributed by atoms with van der Waals surface area (Å²) < 4.78 is 2.94. The number of rotatable bonds is 1. The van der Waals surface area contributed by atoms with Gasteiger partial charge in [-0.3, -0.25) is 0 Å². The van der Waals surface area contributed by atoms with Gasteiger partial charge < -0.3 is 10.1 Å². The molecule has 0 unspecified atom stereocenters. The van der Waals surface area contributed by atoms with Gasteiger partial charge >= 0.3 is 0 Å². The Morgan fingerprint density at radius 1 is 1.50 bits per heavy atom. The predicted molar refractivity (Wildman–Crippen MR) is 62.1 cm³/mol. The highest BCUT2D eigenvalue weighted by Crippen LogP contribution is 2.16. The minimum atomic E-state index is 0.480. The van der Waals surface area contributed by atoms with Crippen molar-refractivity contribution >= 4 is 21.6 Å². The van der Waals surface area contributed by atoms with Gasteiger partial charge in [0.25, 0.3) is 0 Å². The van der Waals surface area contributed by atoms with E-state index in [1.54, 1.807) is 0 Å². The largest absolute Gasteiger partial charge is 0.325 e. The number of fused-ring (bicyclic) bond motifs is 1. The minimum absolute atomic E-state index is 0.480. The quantitative estimate of drug-likeness (QED) is 0.852. The van der Waals surface area contributed by atoms with Crippen LogP contribution in [-0.4, -0.2) is 9.38 Å². The molecule has 76 valence electrons. The first-order valence-electron chi connectivity index (χ1n) is 4.63. The summed E-state index contributed by atoms with van der Waals surface area (Å²) in [6.45, 7) is 4.48. The molecule has 0 aliphatic carbocycles. The fourth-order valence-corrected chi connectivity index (χ4v) is 1.57. The molecule has 0 aliphatic rings. The van der Waals surface area contributed by atoms with E-state index in [1.807, 2.05) is 42.8 Å². The Hall–Kier alpha value is -0.870. The summed E-state index contributed by atoms with van der Waals surface area (Å²) in [5.74, 6) is 0. The van der Waals surface area contributed by atoms with Crippen LogP contribution in [0.15, 0.2) is 29.0 Å². The van der Waals surface area contributed by atoms with Gasteiger partial charge in [-0.15, -0.1) is 0 Å². The second-order valence-electron chi connectivity index (χ2n) is 2.52. The molecule has 4 heteroatoms. The van der Waals surface area contributed by atoms with Gasteiger partial charge in [0.15, 0.2) is 5.65 Å². The summed E-state index contributed by atoms with van der Waals surface area (Å²) >= 11 is 3.42. The van der Waals surface area contributed by atoms with E-state index in [1.165, 1.54) is 0 Å². The van der Waals surface area contributed by atoms with Crippen LogP contribution in [0, 0.1) is 0 Å². The van der Waals surface area contributed by atoms with E-state index >= 15 is 0 Å². The first kappa shape index (κ1) is 11.2. The third-order valence-corrected chi connectivity index (χ3v) is 2.31. The van der Waals surface area contributed by atoms with Gasteiger partial charge in [-0.25, -0.2) is 4.98 Å². The summed E-state index contributed by atoms with van der Waals surface area (Å²) in [6, 6.07) is 3.92. The number of nitrogens with two attached hydrogens (primary N) is 1. The molecule has 0 saturated carbocycles. The van der Waals surface area contributed by atoms with E-state index in [-0.39, 0.29) is 0 Å². The Kier molecular flexibility index (Phi) is 4.10. The van der Waals surface area contributed by atoms with Gasteiger partial charge in [-0.05, 0) is 28.1 Å². The number of pyridine rings is 1. The number of halogens is 1. The highest BCUT2D eigenvalue weighted by Gasteiger charge is 2.01. The molecule has 0 aliphatic heterocycles. The number of aromatic nitrogens is 2. The van der Waals surface area contributed by atoms with Crippen LogP contribution < -0.4 is 5.73 Å². The third kappa shape index (κ3) is 2.13. The number of nitrogens with zero attached hydrogens (tertiary/aromatic N) is 2. The monoisotopic (exact) mass is 255 g/mol. The van der Waals surface area contributed by atoms with Crippen LogP contribution in [0.1, 0.15) is 19.5 Å². The molecule has 0 atom stereocenters. The summed E-state index contributed by atoms with van der Waals surface area (Å²) in [6.07, 6.45) is 3.88. The molecule has 2 aromatic rings. The molecule has 0 amide bonds. The second kappa shape index (κ2) is 5.12. The molecule has 14 heavy (non-hydrogen) atoms. The first-order chi connectivity index (χ1) is 6.81. The van der Waals surface area contributed by atoms with Gasteiger partial charge in [0.1, 0.15) is 0 Å². The average Bonchev–Trinajstić information content (AvgIpc) is 2.65. The zero-order valence-corrected chi connectivity index (χ0v) is 9.95. The molecule has 0 saturated heterocycles. The first-order valence-corrected chi connectivity index (χ1v) is 5.43. The molecule has 0 radical (unpaired) electrons. The van der Waals surface area contributed by atoms with Crippen molar-refractivity contribution in [3.63, 3.8) is 0 Å². The SMILES string of the molecule is CC.NCc1cn2cccc(Br)c2n1. The van der Waals surface area contributed by atoms with Gasteiger partial charge in [-0.1, -0.05) is 13.8 Å². The van der Waals surface area contributed by atoms with Crippen molar-refractivity contribution in [1.82, 2.24) is 9.38 Å². The molecule has 0 spiro atoms. The second-order valence-corrected chi connectivity index (χ2v) is 3.38. The van der Waals surface area contributed by atoms with Crippen molar-refractivity contribution in [2.45, 2.75) is 20.4 Å². The van der Waals surface area contributed by atoms with Crippen LogP contribution >= 0.6 is 15.9 Å². The van der Waals surface area contributed by atoms with Crippen molar-refractivity contribution in [2.75, 3.05) is 0 Å². The Morgan fingerprint density at radius 2 is 2.21 bits per heavy atom. The van der Waals surface area contributed by atoms with Crippen molar-refractivity contribution < 1.29 is 0 Å². The molecule has 2 heterocycles. The van der Waals surface area contributed by atoms with Crippen LogP contribution in [-0.2, 0) is 6.54 Å². The molecular weight excluding hydrogens is 242 g/mol. The molecule has 2 N–H and O–H groups in total. The van der Waals surface area contributed by atoms with Gasteiger partial charge in [-0.2, -0.15) is 0 Å². The Morgan fingerprint density at radius 3 is 2.79 bits per heavy atom. The lowest BCUT2D eigenvalue weighted by molar-refractivity contribution is 1.02. The number of imidazole rings is 1. The van der Waals surface area contributed by atoms with Crippen LogP contribution in [0.5, 0.6) is 0 Å². The summed E-state index contributed by atoms with van der Waals surface area (Å²) in [4.78, 5) is 4.32. The van der Waals surface area contributed by atoms with E-state index in [4.69, 9.17) is 5.73 Å². The molecule has 0 fully saturated rings. The topological polar surface area (TPSA) is 43.3 Å². The number of hydrogen-bond donors (Lipinski definition) is 1. The smallest absolute Gasteiger partial charge is 0.151 e. The molecule has 2 aromatic heterocycles. The minimum Gasteiger partial charge on any atom is -0.325 e. The lowest BCUT2D eigenvalue weighted by atomic mass is 10.5. The van der Waals surface area contributed by atoms with E-state index in [0.717, 1.165) is 15.8 Å². The molecule has 0 bridgehead atoms. The van der Waals surface area contributed by atoms with Crippen molar-refractivity contribution in [1.29, 1.82) is 0 Å². The van der Waals surface area contributed by atoms with Gasteiger partial charge in [0.2, 0.25) is 0 Å². The Bertz CT molecular complexity index is 409. The maximum absolute atomic E-state index is 5.47. The average molecular weight is 256 g/mol. The van der Waals surface area contributed by atoms with E-state index in [9.17, 15) is 0 Å². The van der Waals surface area contributed by atoms with Crippen molar-refractivity contribution in [2.24, 2.45) is 5.73 Å². The highest BCUT2D eigenvalue weighted by molar-refractivity contribution is 9.10. The van der Waals surface area contributed by atoms with Crippen LogP contribution in [0.2, 0.25) is 0 Å². The maximum atomic E-state index is 5.47. The van der Waals surface area contributed by atoms with E-state index < -0.39 is 0 Å². The zero-order valence-electron chi connectivity index (χ0n) is 8.37. The van der Waals surface area contributed by atoms with Crippen molar-refractivity contribution in [3.05, 3.63) is 34.7 Å². The fourth-order valence-electron chi connectivity index (χ4n) is 1.13. The number of hydrogen-bond acceptors (Lipinski definition) is 2. The lowest BCUT2D eigenvalue weighted by Crippen LogP contribution is -1.95. The van der Waals surface area contributed by atoms with E-state index in [0.29, 0.717) is 6.54 Å². The molecule has 2 rings (SSSR count). The summed E-state index contributed by atoms with van der Waals surface area (Å²) in [5.41, 5.74) is 7.29. The van der Waals surface area contributed by atoms with Gasteiger partial charge in [0.05, 0.1) is 10.2 Å². The Balaban J connectivity index is 0.000000461. The molecular formula is C10H14BrN3. The van der Waals surface area contributed by atoms with Crippen LogP contribution in [0.3, 0.4) is 0 Å². The van der Waals surface area contributed by atoms with Crippen LogP contribution in [0.4, 0.5) is 0 Å². The fraction of sp³-hybridized carbons (Fsp3) is 0.300. The normalized spacial score (nSPS) is 9.71. The highest BCUT2D eigenvalue weighted by atomic mass is 79.9. The molecule has 3 nitrogen and oxygen atoms in total.